The van der Waals surface area contributed by atoms with E-state index in [0.717, 1.165) is 0 Å². The van der Waals surface area contributed by atoms with Gasteiger partial charge in [-0.25, -0.2) is 0 Å². The van der Waals surface area contributed by atoms with Crippen LogP contribution >= 0.6 is 0 Å². The molecule has 32 heavy (non-hydrogen) atoms. The first-order valence-electron chi connectivity index (χ1n) is 10.4. The summed E-state index contributed by atoms with van der Waals surface area (Å²) in [6, 6.07) is -0.396. The predicted octanol–water partition coefficient (Wildman–Crippen LogP) is -0.760. The molecule has 0 bridgehead atoms. The van der Waals surface area contributed by atoms with E-state index in [1.54, 1.807) is 10.9 Å². The van der Waals surface area contributed by atoms with Crippen molar-refractivity contribution in [3.8, 4) is 0 Å². The van der Waals surface area contributed by atoms with Crippen LogP contribution in [0.1, 0.15) is 24.2 Å². The van der Waals surface area contributed by atoms with Crippen molar-refractivity contribution < 1.29 is 18.9 Å². The van der Waals surface area contributed by atoms with Gasteiger partial charge in [0.1, 0.15) is 13.5 Å². The van der Waals surface area contributed by atoms with Gasteiger partial charge >= 0.3 is 143 Å². The van der Waals surface area contributed by atoms with Crippen molar-refractivity contribution in [1.82, 2.24) is 30.4 Å². The van der Waals surface area contributed by atoms with Gasteiger partial charge in [0.25, 0.3) is 0 Å². The molecule has 1 N–H and O–H groups in total. The van der Waals surface area contributed by atoms with Crippen molar-refractivity contribution in [3.05, 3.63) is 34.2 Å². The molecule has 2 fully saturated rings. The minimum absolute atomic E-state index is 0.189. The van der Waals surface area contributed by atoms with Crippen molar-refractivity contribution in [1.29, 1.82) is 0 Å². The van der Waals surface area contributed by atoms with Gasteiger partial charge in [0.2, 0.25) is 0 Å². The Morgan fingerprint density at radius 1 is 1.31 bits per heavy atom. The normalized spacial score (nSPS) is 29.6. The molecule has 5 rings (SSSR count). The van der Waals surface area contributed by atoms with Gasteiger partial charge in [-0.15, -0.1) is 0 Å². The van der Waals surface area contributed by atoms with Gasteiger partial charge in [0.15, 0.2) is 0 Å². The van der Waals surface area contributed by atoms with Crippen LogP contribution in [0.15, 0.2) is 17.5 Å². The van der Waals surface area contributed by atoms with Crippen molar-refractivity contribution in [2.75, 3.05) is 6.54 Å². The van der Waals surface area contributed by atoms with Gasteiger partial charge in [0.05, 0.1) is 12.8 Å². The molecular weight excluding hydrogens is 415 g/mol. The Bertz CT molecular complexity index is 993. The molecule has 2 aromatic heterocycles. The summed E-state index contributed by atoms with van der Waals surface area (Å²) in [4.78, 5) is 2.82. The van der Waals surface area contributed by atoms with E-state index in [2.05, 4.69) is 35.7 Å². The standard InChI is InChI=1S/C16H20B3N9O4/c17-15-1-11(29-7-9-3-22-26-23-9)14(31-15)6-28-5-10(24-27-28)8-30-12-2-16(18-19-16)32-13(12)4-21-25-20/h3,5,11-15H,1-2,4,6-8H2,(H,22,23,26). The number of nitrogens with one attached hydrogen (secondary N) is 1. The second-order valence-electron chi connectivity index (χ2n) is 8.10. The van der Waals surface area contributed by atoms with Crippen LogP contribution in [0, 0.1) is 0 Å². The third kappa shape index (κ3) is 4.99. The Morgan fingerprint density at radius 2 is 2.16 bits per heavy atom. The second-order valence-corrected chi connectivity index (χ2v) is 8.10. The first-order valence-corrected chi connectivity index (χ1v) is 10.4. The van der Waals surface area contributed by atoms with E-state index in [4.69, 9.17) is 32.3 Å². The number of nitrogens with zero attached hydrogens (tertiary/aromatic N) is 8. The van der Waals surface area contributed by atoms with E-state index in [-0.39, 0.29) is 43.0 Å². The van der Waals surface area contributed by atoms with Gasteiger partial charge < -0.3 is 0 Å². The van der Waals surface area contributed by atoms with E-state index in [9.17, 15) is 0 Å². The topological polar surface area (TPSA) is 158 Å². The van der Waals surface area contributed by atoms with E-state index in [1.165, 1.54) is 0 Å². The van der Waals surface area contributed by atoms with Crippen molar-refractivity contribution in [3.63, 3.8) is 0 Å². The zero-order valence-electron chi connectivity index (χ0n) is 17.2. The third-order valence-corrected chi connectivity index (χ3v) is 5.71. The minimum atomic E-state index is -0.396. The summed E-state index contributed by atoms with van der Waals surface area (Å²) in [5.41, 5.74) is 9.98. The van der Waals surface area contributed by atoms with Crippen LogP contribution < -0.4 is 0 Å². The summed E-state index contributed by atoms with van der Waals surface area (Å²) >= 11 is 0. The van der Waals surface area contributed by atoms with Crippen LogP contribution in [0.25, 0.3) is 10.4 Å². The van der Waals surface area contributed by atoms with Crippen LogP contribution in [0.3, 0.4) is 0 Å². The molecule has 13 nitrogen and oxygen atoms in total. The van der Waals surface area contributed by atoms with Gasteiger partial charge in [0, 0.05) is 0 Å². The maximum atomic E-state index is 8.59. The first-order chi connectivity index (χ1) is 15.6. The van der Waals surface area contributed by atoms with Crippen molar-refractivity contribution in [2.24, 2.45) is 5.11 Å². The molecular formula is C16H20B3N9O4. The van der Waals surface area contributed by atoms with Gasteiger partial charge in [-0.3, -0.25) is 0 Å². The van der Waals surface area contributed by atoms with E-state index in [1.807, 2.05) is 19.8 Å². The Morgan fingerprint density at radius 3 is 2.94 bits per heavy atom. The van der Waals surface area contributed by atoms with Gasteiger partial charge in [-0.1, -0.05) is 0 Å². The fraction of sp³-hybridized carbons (Fsp3) is 0.750. The van der Waals surface area contributed by atoms with Gasteiger partial charge in [-0.05, 0) is 0 Å². The number of ether oxygens (including phenoxy) is 4. The van der Waals surface area contributed by atoms with Crippen LogP contribution in [-0.2, 0) is 38.7 Å². The van der Waals surface area contributed by atoms with Crippen molar-refractivity contribution >= 4 is 21.4 Å². The van der Waals surface area contributed by atoms with Crippen LogP contribution in [0.4, 0.5) is 0 Å². The fourth-order valence-corrected chi connectivity index (χ4v) is 4.04. The first kappa shape index (κ1) is 21.5. The molecule has 0 saturated carbocycles. The quantitative estimate of drug-likeness (QED) is 0.221. The Kier molecular flexibility index (Phi) is 6.20. The molecule has 2 saturated heterocycles. The number of azide groups is 1. The molecule has 162 valence electrons. The molecule has 5 heterocycles. The van der Waals surface area contributed by atoms with E-state index >= 15 is 0 Å². The molecule has 2 radical (unpaired) electrons. The van der Waals surface area contributed by atoms with Crippen LogP contribution in [0.5, 0.6) is 0 Å². The summed E-state index contributed by atoms with van der Waals surface area (Å²) in [7, 11) is 5.97. The van der Waals surface area contributed by atoms with Crippen LogP contribution in [-0.4, -0.2) is 94.2 Å². The molecule has 3 aliphatic rings. The predicted molar refractivity (Wildman–Crippen MR) is 110 cm³/mol. The molecule has 1 spiro atoms. The molecule has 0 aromatic carbocycles. The van der Waals surface area contributed by atoms with Crippen LogP contribution in [0.2, 0.25) is 0 Å². The van der Waals surface area contributed by atoms with E-state index < -0.39 is 6.00 Å². The molecule has 0 aliphatic carbocycles. The molecule has 2 aromatic rings. The number of hydrogen-bond acceptors (Lipinski definition) is 9. The summed E-state index contributed by atoms with van der Waals surface area (Å²) < 4.78 is 25.4. The molecule has 3 aliphatic heterocycles. The average molecular weight is 435 g/mol. The fourth-order valence-electron chi connectivity index (χ4n) is 4.04. The summed E-state index contributed by atoms with van der Waals surface area (Å²) in [5.74, 6) is 0. The molecule has 16 heteroatoms. The zero-order chi connectivity index (χ0) is 22.0. The number of rotatable bonds is 10. The number of aromatic nitrogens is 6. The summed E-state index contributed by atoms with van der Waals surface area (Å²) in [6.45, 7) is 5.25. The summed E-state index contributed by atoms with van der Waals surface area (Å²) in [5, 5.41) is 22.0. The Balaban J connectivity index is 1.13. The van der Waals surface area contributed by atoms with E-state index in [0.29, 0.717) is 37.4 Å². The number of aromatic amines is 1. The molecule has 5 atom stereocenters. The van der Waals surface area contributed by atoms with Gasteiger partial charge in [-0.2, -0.15) is 15.4 Å². The Labute approximate surface area is 185 Å². The monoisotopic (exact) mass is 435 g/mol. The molecule has 5 unspecified atom stereocenters. The average Bonchev–Trinajstić information content (AvgIpc) is 3.23. The second kappa shape index (κ2) is 9.24. The van der Waals surface area contributed by atoms with Crippen molar-refractivity contribution in [2.45, 2.75) is 68.4 Å². The maximum absolute atomic E-state index is 8.59. The summed E-state index contributed by atoms with van der Waals surface area (Å²) in [6.07, 6.45) is 3.78. The molecule has 0 amide bonds. The number of hydrogen-bond donors (Lipinski definition) is 1. The Hall–Kier alpha value is -2.38. The third-order valence-electron chi connectivity index (χ3n) is 5.71. The zero-order valence-corrected chi connectivity index (χ0v) is 17.2. The SMILES string of the molecule is [B]C1CC(OCc2cn[nH]n2)C(Cn2cc(COC3CC4(B=B4)OC3CN=[N+]=[N-])nn2)O1. The number of H-pyrrole nitrogens is 1.